The van der Waals surface area contributed by atoms with Gasteiger partial charge in [0, 0.05) is 22.6 Å². The van der Waals surface area contributed by atoms with Crippen LogP contribution in [0.5, 0.6) is 0 Å². The molecule has 2 N–H and O–H groups in total. The molecule has 1 unspecified atom stereocenters. The van der Waals surface area contributed by atoms with E-state index in [1.54, 1.807) is 0 Å². The first-order chi connectivity index (χ1) is 8.02. The summed E-state index contributed by atoms with van der Waals surface area (Å²) in [7, 11) is 0. The average molecular weight is 352 g/mol. The van der Waals surface area contributed by atoms with Gasteiger partial charge in [0.25, 0.3) is 0 Å². The number of amides is 1. The zero-order valence-corrected chi connectivity index (χ0v) is 11.1. The van der Waals surface area contributed by atoms with Crippen molar-refractivity contribution in [3.63, 3.8) is 0 Å². The highest BCUT2D eigenvalue weighted by molar-refractivity contribution is 14.1. The lowest BCUT2D eigenvalue weighted by Gasteiger charge is -2.18. The minimum Gasteiger partial charge on any atom is -0.330 e. The zero-order valence-electron chi connectivity index (χ0n) is 8.92. The third-order valence-electron chi connectivity index (χ3n) is 2.82. The average Bonchev–Trinajstić information content (AvgIpc) is 2.65. The van der Waals surface area contributed by atoms with Gasteiger partial charge in [-0.15, -0.1) is 0 Å². The Labute approximate surface area is 111 Å². The Morgan fingerprint density at radius 2 is 2.06 bits per heavy atom. The van der Waals surface area contributed by atoms with Crippen molar-refractivity contribution in [3.8, 4) is 0 Å². The van der Waals surface area contributed by atoms with E-state index in [0.29, 0.717) is 28.8 Å². The summed E-state index contributed by atoms with van der Waals surface area (Å²) in [5.74, 6) is -1.85. The molecule has 6 heteroatoms. The Kier molecular flexibility index (Phi) is 3.62. The molecule has 1 fully saturated rings. The molecule has 92 valence electrons. The minimum atomic E-state index is -0.940. The van der Waals surface area contributed by atoms with E-state index in [4.69, 9.17) is 5.73 Å². The standard InChI is InChI=1S/C11H11F2IN2O/c12-7-2-9(14)10(3-8(7)13)16-5-6(4-15)1-11(16)17/h2-3,6H,1,4-5,15H2. The van der Waals surface area contributed by atoms with Crippen molar-refractivity contribution in [1.82, 2.24) is 0 Å². The summed E-state index contributed by atoms with van der Waals surface area (Å²) in [6, 6.07) is 2.15. The van der Waals surface area contributed by atoms with Crippen molar-refractivity contribution < 1.29 is 13.6 Å². The van der Waals surface area contributed by atoms with Gasteiger partial charge in [0.05, 0.1) is 5.69 Å². The summed E-state index contributed by atoms with van der Waals surface area (Å²) >= 11 is 1.89. The number of hydrogen-bond acceptors (Lipinski definition) is 2. The van der Waals surface area contributed by atoms with Gasteiger partial charge < -0.3 is 10.6 Å². The maximum absolute atomic E-state index is 13.2. The molecule has 1 amide bonds. The summed E-state index contributed by atoms with van der Waals surface area (Å²) in [4.78, 5) is 13.2. The maximum Gasteiger partial charge on any atom is 0.227 e. The van der Waals surface area contributed by atoms with Crippen LogP contribution in [0.4, 0.5) is 14.5 Å². The first kappa shape index (κ1) is 12.7. The molecule has 0 radical (unpaired) electrons. The van der Waals surface area contributed by atoms with Crippen LogP contribution in [0, 0.1) is 21.1 Å². The summed E-state index contributed by atoms with van der Waals surface area (Å²) in [6.45, 7) is 0.888. The van der Waals surface area contributed by atoms with Gasteiger partial charge >= 0.3 is 0 Å². The van der Waals surface area contributed by atoms with Crippen molar-refractivity contribution in [1.29, 1.82) is 0 Å². The SMILES string of the molecule is NCC1CC(=O)N(c2cc(F)c(F)cc2I)C1. The second-order valence-corrected chi connectivity index (χ2v) is 5.19. The molecule has 2 rings (SSSR count). The lowest BCUT2D eigenvalue weighted by Crippen LogP contribution is -2.26. The normalized spacial score (nSPS) is 20.1. The van der Waals surface area contributed by atoms with Crippen LogP contribution in [-0.2, 0) is 4.79 Å². The number of anilines is 1. The molecule has 0 aromatic heterocycles. The Morgan fingerprint density at radius 1 is 1.41 bits per heavy atom. The molecular weight excluding hydrogens is 341 g/mol. The maximum atomic E-state index is 13.2. The first-order valence-corrected chi connectivity index (χ1v) is 6.25. The van der Waals surface area contributed by atoms with Gasteiger partial charge in [-0.05, 0) is 41.1 Å². The molecule has 1 saturated heterocycles. The monoisotopic (exact) mass is 352 g/mol. The van der Waals surface area contributed by atoms with E-state index < -0.39 is 11.6 Å². The third-order valence-corrected chi connectivity index (χ3v) is 3.68. The smallest absolute Gasteiger partial charge is 0.227 e. The topological polar surface area (TPSA) is 46.3 Å². The number of halogens is 3. The van der Waals surface area contributed by atoms with Crippen LogP contribution in [0.25, 0.3) is 0 Å². The summed E-state index contributed by atoms with van der Waals surface area (Å²) in [5, 5.41) is 0. The Balaban J connectivity index is 2.35. The van der Waals surface area contributed by atoms with E-state index in [-0.39, 0.29) is 11.8 Å². The second-order valence-electron chi connectivity index (χ2n) is 4.03. The molecule has 1 aromatic carbocycles. The molecule has 1 aliphatic rings. The van der Waals surface area contributed by atoms with Gasteiger partial charge in [0.2, 0.25) is 5.91 Å². The van der Waals surface area contributed by atoms with Crippen LogP contribution >= 0.6 is 22.6 Å². The molecule has 0 aliphatic carbocycles. The third kappa shape index (κ3) is 2.42. The highest BCUT2D eigenvalue weighted by Crippen LogP contribution is 2.30. The lowest BCUT2D eigenvalue weighted by molar-refractivity contribution is -0.117. The summed E-state index contributed by atoms with van der Waals surface area (Å²) < 4.78 is 26.7. The second kappa shape index (κ2) is 4.85. The Bertz CT molecular complexity index is 467. The quantitative estimate of drug-likeness (QED) is 0.653. The van der Waals surface area contributed by atoms with Gasteiger partial charge in [-0.25, -0.2) is 8.78 Å². The number of carbonyl (C=O) groups excluding carboxylic acids is 1. The number of rotatable bonds is 2. The van der Waals surface area contributed by atoms with Crippen LogP contribution in [0.1, 0.15) is 6.42 Å². The Morgan fingerprint density at radius 3 is 2.65 bits per heavy atom. The van der Waals surface area contributed by atoms with Gasteiger partial charge in [0.1, 0.15) is 0 Å². The number of nitrogens with zero attached hydrogens (tertiary/aromatic N) is 1. The van der Waals surface area contributed by atoms with E-state index in [2.05, 4.69) is 0 Å². The first-order valence-electron chi connectivity index (χ1n) is 5.18. The summed E-state index contributed by atoms with van der Waals surface area (Å²) in [6.07, 6.45) is 0.367. The van der Waals surface area contributed by atoms with E-state index in [1.807, 2.05) is 22.6 Å². The fourth-order valence-corrected chi connectivity index (χ4v) is 2.61. The van der Waals surface area contributed by atoms with Crippen molar-refractivity contribution >= 4 is 34.2 Å². The van der Waals surface area contributed by atoms with E-state index in [0.717, 1.165) is 12.1 Å². The molecule has 17 heavy (non-hydrogen) atoms. The van der Waals surface area contributed by atoms with E-state index in [1.165, 1.54) is 4.90 Å². The molecule has 3 nitrogen and oxygen atoms in total. The molecule has 1 atom stereocenters. The predicted molar refractivity (Wildman–Crippen MR) is 68.6 cm³/mol. The molecule has 1 heterocycles. The molecular formula is C11H11F2IN2O. The fourth-order valence-electron chi connectivity index (χ4n) is 1.89. The highest BCUT2D eigenvalue weighted by Gasteiger charge is 2.31. The fraction of sp³-hybridized carbons (Fsp3) is 0.364. The van der Waals surface area contributed by atoms with Crippen molar-refractivity contribution in [2.45, 2.75) is 6.42 Å². The predicted octanol–water partition coefficient (Wildman–Crippen LogP) is 1.88. The van der Waals surface area contributed by atoms with Gasteiger partial charge in [-0.2, -0.15) is 0 Å². The van der Waals surface area contributed by atoms with Crippen LogP contribution in [-0.4, -0.2) is 19.0 Å². The molecule has 0 saturated carbocycles. The van der Waals surface area contributed by atoms with Crippen LogP contribution in [0.2, 0.25) is 0 Å². The van der Waals surface area contributed by atoms with Gasteiger partial charge in [-0.1, -0.05) is 0 Å². The molecule has 1 aliphatic heterocycles. The van der Waals surface area contributed by atoms with Crippen LogP contribution in [0.3, 0.4) is 0 Å². The van der Waals surface area contributed by atoms with E-state index >= 15 is 0 Å². The minimum absolute atomic E-state index is 0.0893. The number of hydrogen-bond donors (Lipinski definition) is 1. The molecule has 1 aromatic rings. The van der Waals surface area contributed by atoms with Crippen molar-refractivity contribution in [2.75, 3.05) is 18.0 Å². The van der Waals surface area contributed by atoms with E-state index in [9.17, 15) is 13.6 Å². The largest absolute Gasteiger partial charge is 0.330 e. The number of carbonyl (C=O) groups is 1. The Hall–Kier alpha value is -0.760. The zero-order chi connectivity index (χ0) is 12.6. The van der Waals surface area contributed by atoms with Gasteiger partial charge in [0.15, 0.2) is 11.6 Å². The molecule has 0 bridgehead atoms. The van der Waals surface area contributed by atoms with Crippen LogP contribution in [0.15, 0.2) is 12.1 Å². The lowest BCUT2D eigenvalue weighted by atomic mass is 10.1. The van der Waals surface area contributed by atoms with Crippen molar-refractivity contribution in [3.05, 3.63) is 27.3 Å². The number of nitrogens with two attached hydrogens (primary N) is 1. The molecule has 0 spiro atoms. The summed E-state index contributed by atoms with van der Waals surface area (Å²) in [5.41, 5.74) is 5.94. The highest BCUT2D eigenvalue weighted by atomic mass is 127. The number of benzene rings is 1. The van der Waals surface area contributed by atoms with Crippen molar-refractivity contribution in [2.24, 2.45) is 11.7 Å². The van der Waals surface area contributed by atoms with Crippen LogP contribution < -0.4 is 10.6 Å². The van der Waals surface area contributed by atoms with Gasteiger partial charge in [-0.3, -0.25) is 4.79 Å².